The number of fused-ring (bicyclic) bond motifs is 1. The van der Waals surface area contributed by atoms with Gasteiger partial charge in [-0.25, -0.2) is 0 Å². The van der Waals surface area contributed by atoms with Crippen LogP contribution >= 0.6 is 0 Å². The summed E-state index contributed by atoms with van der Waals surface area (Å²) in [4.78, 5) is 33.9. The zero-order valence-corrected chi connectivity index (χ0v) is 8.43. The molecule has 0 spiro atoms. The quantitative estimate of drug-likeness (QED) is 0.390. The van der Waals surface area contributed by atoms with E-state index in [1.54, 1.807) is 0 Å². The minimum Gasteiger partial charge on any atom is -0.606 e. The number of carbonyl (C=O) groups is 3. The highest BCUT2D eigenvalue weighted by Crippen LogP contribution is 2.41. The molecular formula is C9H9BO6. The molecule has 0 bridgehead atoms. The van der Waals surface area contributed by atoms with E-state index >= 15 is 0 Å². The molecule has 0 saturated carbocycles. The van der Waals surface area contributed by atoms with Crippen molar-refractivity contribution in [2.75, 3.05) is 6.61 Å². The van der Waals surface area contributed by atoms with Gasteiger partial charge in [0.05, 0.1) is 0 Å². The van der Waals surface area contributed by atoms with E-state index in [9.17, 15) is 14.4 Å². The molecule has 2 aliphatic heterocycles. The van der Waals surface area contributed by atoms with E-state index in [2.05, 4.69) is 6.58 Å². The lowest BCUT2D eigenvalue weighted by Gasteiger charge is -2.22. The summed E-state index contributed by atoms with van der Waals surface area (Å²) in [6.07, 6.45) is 1.25. The zero-order chi connectivity index (χ0) is 11.8. The van der Waals surface area contributed by atoms with Crippen LogP contribution in [0.3, 0.4) is 0 Å². The molecule has 0 aromatic carbocycles. The third kappa shape index (κ3) is 1.44. The monoisotopic (exact) mass is 224 g/mol. The lowest BCUT2D eigenvalue weighted by atomic mass is 9.49. The second-order valence-corrected chi connectivity index (χ2v) is 3.62. The van der Waals surface area contributed by atoms with Gasteiger partial charge in [0, 0.05) is 5.82 Å². The lowest BCUT2D eigenvalue weighted by molar-refractivity contribution is -0.138. The number of carbonyl (C=O) groups excluding carboxylic acids is 3. The molecule has 2 fully saturated rings. The summed E-state index contributed by atoms with van der Waals surface area (Å²) in [5, 5.41) is 0. The van der Waals surface area contributed by atoms with E-state index in [-0.39, 0.29) is 19.4 Å². The molecule has 16 heavy (non-hydrogen) atoms. The van der Waals surface area contributed by atoms with Crippen molar-refractivity contribution in [1.82, 2.24) is 0 Å². The van der Waals surface area contributed by atoms with E-state index < -0.39 is 24.4 Å². The molecule has 0 unspecified atom stereocenters. The van der Waals surface area contributed by atoms with Crippen LogP contribution in [0.4, 0.5) is 4.79 Å². The predicted molar refractivity (Wildman–Crippen MR) is 52.0 cm³/mol. The van der Waals surface area contributed by atoms with Crippen LogP contribution in [0.15, 0.2) is 12.7 Å². The van der Waals surface area contributed by atoms with Crippen LogP contribution in [0.25, 0.3) is 0 Å². The van der Waals surface area contributed by atoms with E-state index in [4.69, 9.17) is 14.0 Å². The van der Waals surface area contributed by atoms with E-state index in [1.807, 2.05) is 0 Å². The summed E-state index contributed by atoms with van der Waals surface area (Å²) in [6, 6.07) is 0. The SMILES string of the molecule is C=CCOC(=O)[B-]12OC(=O)C[C+]1CC(=O)O2. The Bertz CT molecular complexity index is 356. The molecule has 0 radical (unpaired) electrons. The maximum atomic E-state index is 11.7. The Kier molecular flexibility index (Phi) is 2.38. The maximum absolute atomic E-state index is 11.7. The zero-order valence-electron chi connectivity index (χ0n) is 8.43. The van der Waals surface area contributed by atoms with Gasteiger partial charge in [0.25, 0.3) is 5.87 Å². The van der Waals surface area contributed by atoms with Crippen molar-refractivity contribution >= 4 is 24.4 Å². The third-order valence-corrected chi connectivity index (χ3v) is 2.53. The van der Waals surface area contributed by atoms with Gasteiger partial charge in [0.2, 0.25) is 0 Å². The fraction of sp³-hybridized carbons (Fsp3) is 0.333. The predicted octanol–water partition coefficient (Wildman–Crippen LogP) is 0.340. The molecule has 2 heterocycles. The van der Waals surface area contributed by atoms with Crippen molar-refractivity contribution in [3.63, 3.8) is 0 Å². The number of rotatable bonds is 3. The van der Waals surface area contributed by atoms with Crippen molar-refractivity contribution in [2.45, 2.75) is 12.8 Å². The highest BCUT2D eigenvalue weighted by atomic mass is 16.7. The van der Waals surface area contributed by atoms with Crippen LogP contribution in [0, 0.1) is 5.82 Å². The van der Waals surface area contributed by atoms with E-state index in [0.717, 1.165) is 0 Å². The van der Waals surface area contributed by atoms with Crippen molar-refractivity contribution in [1.29, 1.82) is 0 Å². The first kappa shape index (κ1) is 10.6. The topological polar surface area (TPSA) is 78.9 Å². The molecule has 0 aromatic rings. The molecule has 2 aliphatic rings. The fourth-order valence-corrected chi connectivity index (χ4v) is 1.86. The van der Waals surface area contributed by atoms with Gasteiger partial charge in [0.1, 0.15) is 19.4 Å². The van der Waals surface area contributed by atoms with Crippen LogP contribution < -0.4 is 0 Å². The van der Waals surface area contributed by atoms with Gasteiger partial charge < -0.3 is 14.0 Å². The average molecular weight is 224 g/mol. The minimum absolute atomic E-state index is 0.0231. The first-order chi connectivity index (χ1) is 7.58. The molecule has 7 heteroatoms. The number of hydrogen-bond acceptors (Lipinski definition) is 6. The van der Waals surface area contributed by atoms with E-state index in [1.165, 1.54) is 6.08 Å². The highest BCUT2D eigenvalue weighted by molar-refractivity contribution is 7.03. The summed E-state index contributed by atoms with van der Waals surface area (Å²) >= 11 is 0. The highest BCUT2D eigenvalue weighted by Gasteiger charge is 2.71. The molecule has 0 aliphatic carbocycles. The molecule has 0 atom stereocenters. The molecule has 0 N–H and O–H groups in total. The van der Waals surface area contributed by atoms with Crippen LogP contribution in [0.2, 0.25) is 0 Å². The summed E-state index contributed by atoms with van der Waals surface area (Å²) in [5.41, 5.74) is 0. The summed E-state index contributed by atoms with van der Waals surface area (Å²) < 4.78 is 14.4. The van der Waals surface area contributed by atoms with Gasteiger partial charge >= 0.3 is 18.5 Å². The molecule has 6 nitrogen and oxygen atoms in total. The molecular weight excluding hydrogens is 215 g/mol. The normalized spacial score (nSPS) is 21.1. The average Bonchev–Trinajstić information content (AvgIpc) is 2.66. The lowest BCUT2D eigenvalue weighted by Crippen LogP contribution is -2.49. The molecule has 84 valence electrons. The maximum Gasteiger partial charge on any atom is 0.662 e. The first-order valence-corrected chi connectivity index (χ1v) is 4.79. The van der Waals surface area contributed by atoms with Crippen LogP contribution in [0.5, 0.6) is 0 Å². The molecule has 0 aromatic heterocycles. The Morgan fingerprint density at radius 2 is 2.00 bits per heavy atom. The Morgan fingerprint density at radius 1 is 1.44 bits per heavy atom. The Hall–Kier alpha value is -1.92. The Morgan fingerprint density at radius 3 is 2.50 bits per heavy atom. The van der Waals surface area contributed by atoms with Crippen molar-refractivity contribution in [3.8, 4) is 0 Å². The summed E-state index contributed by atoms with van der Waals surface area (Å²) in [7, 11) is 0. The largest absolute Gasteiger partial charge is 0.662 e. The Balaban J connectivity index is 2.20. The molecule has 2 rings (SSSR count). The van der Waals surface area contributed by atoms with Crippen molar-refractivity contribution in [3.05, 3.63) is 18.5 Å². The summed E-state index contributed by atoms with van der Waals surface area (Å²) in [5.74, 6) is -1.60. The van der Waals surface area contributed by atoms with Gasteiger partial charge in [-0.3, -0.25) is 14.4 Å². The van der Waals surface area contributed by atoms with Crippen molar-refractivity contribution in [2.24, 2.45) is 0 Å². The van der Waals surface area contributed by atoms with Gasteiger partial charge in [-0.1, -0.05) is 12.7 Å². The second-order valence-electron chi connectivity index (χ2n) is 3.62. The fourth-order valence-electron chi connectivity index (χ4n) is 1.86. The van der Waals surface area contributed by atoms with Gasteiger partial charge in [0.15, 0.2) is 0 Å². The standard InChI is InChI=1S/C9H9BO6/c1-2-3-14-9(13)10-6(4-7(11)15-10)5-8(12)16-10/h2H,1,3-5H2. The third-order valence-electron chi connectivity index (χ3n) is 2.53. The second kappa shape index (κ2) is 3.59. The van der Waals surface area contributed by atoms with Crippen molar-refractivity contribution < 1.29 is 28.4 Å². The van der Waals surface area contributed by atoms with Gasteiger partial charge in [-0.2, -0.15) is 0 Å². The van der Waals surface area contributed by atoms with Crippen LogP contribution in [0.1, 0.15) is 12.8 Å². The van der Waals surface area contributed by atoms with Gasteiger partial charge in [-0.05, 0) is 0 Å². The number of hydrogen-bond donors (Lipinski definition) is 0. The van der Waals surface area contributed by atoms with Gasteiger partial charge in [-0.15, -0.1) is 0 Å². The van der Waals surface area contributed by atoms with Crippen LogP contribution in [-0.2, 0) is 23.6 Å². The molecule has 0 amide bonds. The van der Waals surface area contributed by atoms with E-state index in [0.29, 0.717) is 5.82 Å². The summed E-state index contributed by atoms with van der Waals surface area (Å²) in [6.45, 7) is 0.693. The number of ether oxygens (including phenoxy) is 1. The van der Waals surface area contributed by atoms with Crippen LogP contribution in [-0.4, -0.2) is 31.0 Å². The smallest absolute Gasteiger partial charge is 0.606 e. The minimum atomic E-state index is -2.66. The first-order valence-electron chi connectivity index (χ1n) is 4.79. The Labute approximate surface area is 91.5 Å². The molecule has 2 saturated heterocycles.